The van der Waals surface area contributed by atoms with Crippen molar-refractivity contribution in [2.75, 3.05) is 18.0 Å². The third-order valence-corrected chi connectivity index (χ3v) is 4.65. The largest absolute Gasteiger partial charge is 0.356 e. The van der Waals surface area contributed by atoms with Crippen molar-refractivity contribution in [1.82, 2.24) is 29.5 Å². The molecule has 0 aliphatic carbocycles. The van der Waals surface area contributed by atoms with Crippen LogP contribution in [0.4, 0.5) is 5.82 Å². The van der Waals surface area contributed by atoms with E-state index in [1.54, 1.807) is 6.33 Å². The molecule has 0 bridgehead atoms. The third-order valence-electron chi connectivity index (χ3n) is 4.65. The normalized spacial score (nSPS) is 17.2. The minimum atomic E-state index is 0.576. The molecule has 0 spiro atoms. The molecule has 0 radical (unpaired) electrons. The van der Waals surface area contributed by atoms with Crippen molar-refractivity contribution in [3.8, 4) is 11.4 Å². The highest BCUT2D eigenvalue weighted by Gasteiger charge is 2.24. The van der Waals surface area contributed by atoms with Crippen molar-refractivity contribution in [2.24, 2.45) is 13.0 Å². The summed E-state index contributed by atoms with van der Waals surface area (Å²) in [5.74, 6) is 2.41. The first kappa shape index (κ1) is 15.7. The maximum absolute atomic E-state index is 4.60. The molecule has 0 aromatic carbocycles. The summed E-state index contributed by atoms with van der Waals surface area (Å²) in [4.78, 5) is 24.3. The summed E-state index contributed by atoms with van der Waals surface area (Å²) in [5, 5.41) is 0. The number of anilines is 1. The van der Waals surface area contributed by atoms with Crippen molar-refractivity contribution in [1.29, 1.82) is 0 Å². The van der Waals surface area contributed by atoms with Crippen molar-refractivity contribution in [3.05, 3.63) is 48.7 Å². The molecule has 7 heteroatoms. The van der Waals surface area contributed by atoms with E-state index in [4.69, 9.17) is 0 Å². The quantitative estimate of drug-likeness (QED) is 0.726. The summed E-state index contributed by atoms with van der Waals surface area (Å²) < 4.78 is 1.95. The molecule has 1 aliphatic rings. The Balaban J connectivity index is 1.41. The number of nitrogens with zero attached hydrogens (tertiary/aromatic N) is 7. The predicted octanol–water partition coefficient (Wildman–Crippen LogP) is 2.04. The molecule has 0 amide bonds. The molecular weight excluding hydrogens is 314 g/mol. The monoisotopic (exact) mass is 335 g/mol. The number of aromatic nitrogens is 6. The van der Waals surface area contributed by atoms with E-state index in [0.29, 0.717) is 5.92 Å². The van der Waals surface area contributed by atoms with Crippen LogP contribution in [0.15, 0.2) is 37.2 Å². The highest BCUT2D eigenvalue weighted by atomic mass is 15.2. The Hall–Kier alpha value is -2.83. The average Bonchev–Trinajstić information content (AvgIpc) is 3.25. The van der Waals surface area contributed by atoms with E-state index in [0.717, 1.165) is 54.7 Å². The first-order valence-electron chi connectivity index (χ1n) is 8.51. The highest BCUT2D eigenvalue weighted by Crippen LogP contribution is 2.24. The lowest BCUT2D eigenvalue weighted by molar-refractivity contribution is 0.576. The lowest BCUT2D eigenvalue weighted by atomic mass is 10.0. The van der Waals surface area contributed by atoms with Crippen LogP contribution in [0.5, 0.6) is 0 Å². The van der Waals surface area contributed by atoms with Gasteiger partial charge < -0.3 is 9.47 Å². The van der Waals surface area contributed by atoms with Crippen LogP contribution in [-0.2, 0) is 13.5 Å². The van der Waals surface area contributed by atoms with Crippen LogP contribution in [0, 0.1) is 12.8 Å². The smallest absolute Gasteiger partial charge is 0.132 e. The first-order chi connectivity index (χ1) is 12.2. The van der Waals surface area contributed by atoms with Gasteiger partial charge in [0.2, 0.25) is 0 Å². The topological polar surface area (TPSA) is 72.6 Å². The zero-order chi connectivity index (χ0) is 17.2. The number of rotatable bonds is 4. The zero-order valence-corrected chi connectivity index (χ0v) is 14.5. The van der Waals surface area contributed by atoms with Gasteiger partial charge in [-0.1, -0.05) is 0 Å². The molecule has 4 heterocycles. The summed E-state index contributed by atoms with van der Waals surface area (Å²) in [5.41, 5.74) is 2.87. The van der Waals surface area contributed by atoms with Crippen molar-refractivity contribution < 1.29 is 0 Å². The van der Waals surface area contributed by atoms with Crippen LogP contribution >= 0.6 is 0 Å². The Kier molecular flexibility index (Phi) is 4.13. The Morgan fingerprint density at radius 1 is 1.16 bits per heavy atom. The van der Waals surface area contributed by atoms with Gasteiger partial charge in [-0.05, 0) is 31.7 Å². The predicted molar refractivity (Wildman–Crippen MR) is 95.0 cm³/mol. The highest BCUT2D eigenvalue weighted by molar-refractivity contribution is 5.51. The van der Waals surface area contributed by atoms with Crippen molar-refractivity contribution >= 4 is 5.82 Å². The van der Waals surface area contributed by atoms with Crippen LogP contribution in [0.25, 0.3) is 11.4 Å². The van der Waals surface area contributed by atoms with Gasteiger partial charge in [-0.2, -0.15) is 0 Å². The van der Waals surface area contributed by atoms with Gasteiger partial charge in [0, 0.05) is 32.5 Å². The molecular formula is C18H21N7. The number of imidazole rings is 1. The fourth-order valence-electron chi connectivity index (χ4n) is 3.32. The molecule has 7 nitrogen and oxygen atoms in total. The van der Waals surface area contributed by atoms with E-state index in [2.05, 4.69) is 29.8 Å². The lowest BCUT2D eigenvalue weighted by Gasteiger charge is -2.17. The molecule has 1 aliphatic heterocycles. The van der Waals surface area contributed by atoms with Gasteiger partial charge in [-0.25, -0.2) is 15.0 Å². The second-order valence-electron chi connectivity index (χ2n) is 6.55. The first-order valence-corrected chi connectivity index (χ1v) is 8.51. The maximum atomic E-state index is 4.60. The zero-order valence-electron chi connectivity index (χ0n) is 14.5. The number of aryl methyl sites for hydroxylation is 2. The molecule has 0 unspecified atom stereocenters. The maximum Gasteiger partial charge on any atom is 0.132 e. The Morgan fingerprint density at radius 3 is 2.80 bits per heavy atom. The molecule has 1 atom stereocenters. The standard InChI is InChI=1S/C18H21N7/c1-13-20-5-3-18(23-13)25-6-4-14(11-25)7-15-8-22-16(9-21-15)17-10-19-12-24(17)2/h3,5,8-10,12,14H,4,6-7,11H2,1-2H3/t14-/m1/s1. The molecule has 1 saturated heterocycles. The number of hydrogen-bond acceptors (Lipinski definition) is 6. The summed E-state index contributed by atoms with van der Waals surface area (Å²) in [6.07, 6.45) is 11.2. The van der Waals surface area contributed by atoms with Crippen LogP contribution in [0.3, 0.4) is 0 Å². The van der Waals surface area contributed by atoms with Gasteiger partial charge in [0.1, 0.15) is 17.3 Å². The van der Waals surface area contributed by atoms with E-state index < -0.39 is 0 Å². The minimum absolute atomic E-state index is 0.576. The summed E-state index contributed by atoms with van der Waals surface area (Å²) >= 11 is 0. The average molecular weight is 335 g/mol. The van der Waals surface area contributed by atoms with E-state index in [1.165, 1.54) is 0 Å². The molecule has 4 rings (SSSR count). The minimum Gasteiger partial charge on any atom is -0.356 e. The lowest BCUT2D eigenvalue weighted by Crippen LogP contribution is -2.21. The van der Waals surface area contributed by atoms with Crippen LogP contribution in [-0.4, -0.2) is 42.6 Å². The second-order valence-corrected chi connectivity index (χ2v) is 6.55. The van der Waals surface area contributed by atoms with Gasteiger partial charge in [-0.15, -0.1) is 0 Å². The fourth-order valence-corrected chi connectivity index (χ4v) is 3.32. The number of hydrogen-bond donors (Lipinski definition) is 0. The molecule has 3 aromatic heterocycles. The Morgan fingerprint density at radius 2 is 2.08 bits per heavy atom. The SMILES string of the molecule is Cc1nccc(N2CC[C@H](Cc3cnc(-c4cncn4C)cn3)C2)n1. The van der Waals surface area contributed by atoms with Gasteiger partial charge in [0.25, 0.3) is 0 Å². The van der Waals surface area contributed by atoms with Crippen molar-refractivity contribution in [2.45, 2.75) is 19.8 Å². The van der Waals surface area contributed by atoms with Crippen LogP contribution in [0.2, 0.25) is 0 Å². The molecule has 0 N–H and O–H groups in total. The summed E-state index contributed by atoms with van der Waals surface area (Å²) in [6, 6.07) is 1.98. The van der Waals surface area contributed by atoms with Gasteiger partial charge in [-0.3, -0.25) is 9.97 Å². The van der Waals surface area contributed by atoms with Gasteiger partial charge in [0.05, 0.1) is 30.1 Å². The third kappa shape index (κ3) is 3.35. The molecule has 0 saturated carbocycles. The molecule has 25 heavy (non-hydrogen) atoms. The van der Waals surface area contributed by atoms with E-state index in [-0.39, 0.29) is 0 Å². The van der Waals surface area contributed by atoms with Gasteiger partial charge in [0.15, 0.2) is 0 Å². The second kappa shape index (κ2) is 6.58. The van der Waals surface area contributed by atoms with Crippen LogP contribution < -0.4 is 4.90 Å². The van der Waals surface area contributed by atoms with Crippen LogP contribution in [0.1, 0.15) is 17.9 Å². The molecule has 3 aromatic rings. The van der Waals surface area contributed by atoms with Gasteiger partial charge >= 0.3 is 0 Å². The van der Waals surface area contributed by atoms with E-state index in [9.17, 15) is 0 Å². The fraction of sp³-hybridized carbons (Fsp3) is 0.389. The Bertz CT molecular complexity index is 856. The molecule has 1 fully saturated rings. The van der Waals surface area contributed by atoms with E-state index >= 15 is 0 Å². The summed E-state index contributed by atoms with van der Waals surface area (Å²) in [7, 11) is 1.96. The van der Waals surface area contributed by atoms with E-state index in [1.807, 2.05) is 49.4 Å². The Labute approximate surface area is 146 Å². The van der Waals surface area contributed by atoms with Crippen molar-refractivity contribution in [3.63, 3.8) is 0 Å². The summed E-state index contributed by atoms with van der Waals surface area (Å²) in [6.45, 7) is 3.96. The molecule has 128 valence electrons.